The molecule has 2 N–H and O–H groups in total. The lowest BCUT2D eigenvalue weighted by atomic mass is 9.84. The molecule has 0 aromatic carbocycles. The molecule has 18 heavy (non-hydrogen) atoms. The highest BCUT2D eigenvalue weighted by Crippen LogP contribution is 2.42. The van der Waals surface area contributed by atoms with Crippen LogP contribution in [0.2, 0.25) is 0 Å². The van der Waals surface area contributed by atoms with Gasteiger partial charge in [0.15, 0.2) is 5.96 Å². The van der Waals surface area contributed by atoms with Crippen LogP contribution in [0.25, 0.3) is 0 Å². The van der Waals surface area contributed by atoms with Crippen molar-refractivity contribution in [3.8, 4) is 0 Å². The second kappa shape index (κ2) is 7.82. The Balaban J connectivity index is 0.00000162. The first kappa shape index (κ1) is 16.4. The molecule has 0 unspecified atom stereocenters. The van der Waals surface area contributed by atoms with Crippen molar-refractivity contribution in [2.24, 2.45) is 10.7 Å². The average molecular weight is 383 g/mol. The van der Waals surface area contributed by atoms with Crippen molar-refractivity contribution in [1.29, 1.82) is 0 Å². The van der Waals surface area contributed by atoms with Crippen LogP contribution in [0.1, 0.15) is 44.9 Å². The van der Waals surface area contributed by atoms with Crippen LogP contribution in [0.5, 0.6) is 0 Å². The summed E-state index contributed by atoms with van der Waals surface area (Å²) in [4.78, 5) is 6.93. The van der Waals surface area contributed by atoms with Crippen LogP contribution < -0.4 is 5.73 Å². The largest absolute Gasteiger partial charge is 0.370 e. The Kier molecular flexibility index (Phi) is 7.13. The zero-order valence-corrected chi connectivity index (χ0v) is 14.5. The lowest BCUT2D eigenvalue weighted by Crippen LogP contribution is -2.41. The molecular formula is C13H26IN3S. The fourth-order valence-corrected chi connectivity index (χ4v) is 3.51. The molecule has 0 bridgehead atoms. The summed E-state index contributed by atoms with van der Waals surface area (Å²) in [5.41, 5.74) is 6.13. The second-order valence-corrected chi connectivity index (χ2v) is 6.59. The van der Waals surface area contributed by atoms with Gasteiger partial charge in [-0.25, -0.2) is 0 Å². The van der Waals surface area contributed by atoms with Crippen molar-refractivity contribution in [3.63, 3.8) is 0 Å². The van der Waals surface area contributed by atoms with E-state index < -0.39 is 0 Å². The average Bonchev–Trinajstić information content (AvgIpc) is 2.56. The van der Waals surface area contributed by atoms with E-state index in [4.69, 9.17) is 5.73 Å². The Morgan fingerprint density at radius 2 is 1.78 bits per heavy atom. The van der Waals surface area contributed by atoms with Crippen molar-refractivity contribution in [2.45, 2.75) is 49.7 Å². The van der Waals surface area contributed by atoms with Gasteiger partial charge in [-0.2, -0.15) is 11.8 Å². The SMILES string of the molecule is CSC1(CN=C(N)N2CCCCCC2)CCC1.I. The van der Waals surface area contributed by atoms with Crippen LogP contribution in [0, 0.1) is 0 Å². The van der Waals surface area contributed by atoms with Crippen molar-refractivity contribution >= 4 is 41.7 Å². The fraction of sp³-hybridized carbons (Fsp3) is 0.923. The van der Waals surface area contributed by atoms with Crippen LogP contribution in [-0.2, 0) is 0 Å². The van der Waals surface area contributed by atoms with Crippen LogP contribution in [0.3, 0.4) is 0 Å². The minimum atomic E-state index is 0. The molecule has 1 heterocycles. The van der Waals surface area contributed by atoms with E-state index >= 15 is 0 Å². The molecule has 1 aliphatic heterocycles. The smallest absolute Gasteiger partial charge is 0.191 e. The fourth-order valence-electron chi connectivity index (χ4n) is 2.62. The lowest BCUT2D eigenvalue weighted by Gasteiger charge is -2.39. The summed E-state index contributed by atoms with van der Waals surface area (Å²) >= 11 is 1.97. The molecule has 1 aliphatic carbocycles. The molecular weight excluding hydrogens is 357 g/mol. The van der Waals surface area contributed by atoms with Gasteiger partial charge >= 0.3 is 0 Å². The van der Waals surface area contributed by atoms with Gasteiger partial charge in [0.1, 0.15) is 0 Å². The number of hydrogen-bond donors (Lipinski definition) is 1. The number of thioether (sulfide) groups is 1. The summed E-state index contributed by atoms with van der Waals surface area (Å²) in [6.07, 6.45) is 11.4. The van der Waals surface area contributed by atoms with E-state index in [1.807, 2.05) is 11.8 Å². The second-order valence-electron chi connectivity index (χ2n) is 5.32. The molecule has 2 aliphatic rings. The summed E-state index contributed by atoms with van der Waals surface area (Å²) in [6, 6.07) is 0. The highest BCUT2D eigenvalue weighted by molar-refractivity contribution is 14.0. The van der Waals surface area contributed by atoms with Gasteiger partial charge in [-0.15, -0.1) is 24.0 Å². The van der Waals surface area contributed by atoms with Crippen molar-refractivity contribution in [1.82, 2.24) is 4.90 Å². The van der Waals surface area contributed by atoms with E-state index in [1.54, 1.807) is 0 Å². The molecule has 0 spiro atoms. The monoisotopic (exact) mass is 383 g/mol. The number of hydrogen-bond acceptors (Lipinski definition) is 2. The number of nitrogens with two attached hydrogens (primary N) is 1. The molecule has 106 valence electrons. The number of rotatable bonds is 3. The zero-order chi connectivity index (χ0) is 12.1. The maximum absolute atomic E-state index is 6.13. The molecule has 0 aromatic heterocycles. The summed E-state index contributed by atoms with van der Waals surface area (Å²) < 4.78 is 0.413. The van der Waals surface area contributed by atoms with E-state index in [-0.39, 0.29) is 24.0 Å². The van der Waals surface area contributed by atoms with E-state index in [0.717, 1.165) is 25.6 Å². The molecule has 0 radical (unpaired) electrons. The predicted octanol–water partition coefficient (Wildman–Crippen LogP) is 3.08. The normalized spacial score (nSPS) is 23.8. The van der Waals surface area contributed by atoms with Crippen molar-refractivity contribution in [2.75, 3.05) is 25.9 Å². The highest BCUT2D eigenvalue weighted by atomic mass is 127. The lowest BCUT2D eigenvalue weighted by molar-refractivity contribution is 0.367. The van der Waals surface area contributed by atoms with Crippen LogP contribution in [0.4, 0.5) is 0 Å². The molecule has 0 aromatic rings. The molecule has 0 amide bonds. The maximum Gasteiger partial charge on any atom is 0.191 e. The van der Waals surface area contributed by atoms with E-state index in [9.17, 15) is 0 Å². The number of nitrogens with zero attached hydrogens (tertiary/aromatic N) is 2. The molecule has 2 rings (SSSR count). The van der Waals surface area contributed by atoms with Gasteiger partial charge < -0.3 is 10.6 Å². The Hall–Kier alpha value is 0.350. The van der Waals surface area contributed by atoms with Crippen LogP contribution >= 0.6 is 35.7 Å². The van der Waals surface area contributed by atoms with Crippen molar-refractivity contribution in [3.05, 3.63) is 0 Å². The van der Waals surface area contributed by atoms with Crippen LogP contribution in [-0.4, -0.2) is 41.5 Å². The zero-order valence-electron chi connectivity index (χ0n) is 11.4. The summed E-state index contributed by atoms with van der Waals surface area (Å²) in [7, 11) is 0. The topological polar surface area (TPSA) is 41.6 Å². The number of halogens is 1. The van der Waals surface area contributed by atoms with Crippen molar-refractivity contribution < 1.29 is 0 Å². The highest BCUT2D eigenvalue weighted by Gasteiger charge is 2.35. The van der Waals surface area contributed by atoms with Gasteiger partial charge in [-0.05, 0) is 31.9 Å². The Morgan fingerprint density at radius 1 is 1.17 bits per heavy atom. The Bertz CT molecular complexity index is 266. The van der Waals surface area contributed by atoms with Gasteiger partial charge in [-0.3, -0.25) is 4.99 Å². The summed E-state index contributed by atoms with van der Waals surface area (Å²) in [5.74, 6) is 0.784. The predicted molar refractivity (Wildman–Crippen MR) is 92.0 cm³/mol. The third-order valence-corrected chi connectivity index (χ3v) is 5.56. The third-order valence-electron chi connectivity index (χ3n) is 4.16. The summed E-state index contributed by atoms with van der Waals surface area (Å²) in [5, 5.41) is 0. The minimum absolute atomic E-state index is 0. The molecule has 3 nitrogen and oxygen atoms in total. The molecule has 1 saturated carbocycles. The summed E-state index contributed by atoms with van der Waals surface area (Å²) in [6.45, 7) is 3.11. The first-order valence-corrected chi connectivity index (χ1v) is 8.08. The molecule has 5 heteroatoms. The first-order chi connectivity index (χ1) is 8.26. The van der Waals surface area contributed by atoms with Crippen LogP contribution in [0.15, 0.2) is 4.99 Å². The van der Waals surface area contributed by atoms with Gasteiger partial charge in [0.05, 0.1) is 6.54 Å². The Labute approximate surface area is 132 Å². The third kappa shape index (κ3) is 4.18. The standard InChI is InChI=1S/C13H25N3S.HI/c1-17-13(7-6-8-13)11-15-12(14)16-9-4-2-3-5-10-16;/h2-11H2,1H3,(H2,14,15);1H. The number of likely N-dealkylation sites (tertiary alicyclic amines) is 1. The van der Waals surface area contributed by atoms with E-state index in [0.29, 0.717) is 4.75 Å². The van der Waals surface area contributed by atoms with Gasteiger partial charge in [0, 0.05) is 17.8 Å². The number of guanidine groups is 1. The van der Waals surface area contributed by atoms with E-state index in [2.05, 4.69) is 16.1 Å². The minimum Gasteiger partial charge on any atom is -0.370 e. The number of aliphatic imine (C=N–C) groups is 1. The molecule has 1 saturated heterocycles. The molecule has 2 fully saturated rings. The quantitative estimate of drug-likeness (QED) is 0.463. The molecule has 0 atom stereocenters. The Morgan fingerprint density at radius 3 is 2.22 bits per heavy atom. The van der Waals surface area contributed by atoms with Gasteiger partial charge in [-0.1, -0.05) is 19.3 Å². The van der Waals surface area contributed by atoms with E-state index in [1.165, 1.54) is 44.9 Å². The van der Waals surface area contributed by atoms with Gasteiger partial charge in [0.2, 0.25) is 0 Å². The first-order valence-electron chi connectivity index (χ1n) is 6.86. The van der Waals surface area contributed by atoms with Gasteiger partial charge in [0.25, 0.3) is 0 Å². The maximum atomic E-state index is 6.13.